The zero-order valence-corrected chi connectivity index (χ0v) is 26.7. The van der Waals surface area contributed by atoms with Crippen molar-refractivity contribution in [2.45, 2.75) is 58.3 Å². The normalized spacial score (nSPS) is 17.0. The molecule has 1 saturated heterocycles. The van der Waals surface area contributed by atoms with E-state index in [9.17, 15) is 27.6 Å². The number of halogens is 4. The smallest absolute Gasteiger partial charge is 0.411 e. The number of aryl methyl sites for hydroxylation is 2. The Kier molecular flexibility index (Phi) is 9.62. The third-order valence-corrected chi connectivity index (χ3v) is 8.80. The average molecular weight is 661 g/mol. The van der Waals surface area contributed by atoms with Crippen molar-refractivity contribution in [3.63, 3.8) is 0 Å². The molecule has 0 spiro atoms. The number of rotatable bonds is 7. The minimum Gasteiger partial charge on any atom is -0.493 e. The van der Waals surface area contributed by atoms with Crippen LogP contribution in [0.25, 0.3) is 11.3 Å². The number of hydrogen-bond acceptors (Lipinski definition) is 8. The fourth-order valence-corrected chi connectivity index (χ4v) is 6.08. The van der Waals surface area contributed by atoms with E-state index in [4.69, 9.17) is 14.2 Å². The van der Waals surface area contributed by atoms with Crippen LogP contribution in [0.1, 0.15) is 44.9 Å². The van der Waals surface area contributed by atoms with Crippen LogP contribution in [0.15, 0.2) is 29.1 Å². The molecular formula is C33H36F4N4O6. The van der Waals surface area contributed by atoms with Crippen LogP contribution in [0.2, 0.25) is 0 Å². The second-order valence-electron chi connectivity index (χ2n) is 11.7. The summed E-state index contributed by atoms with van der Waals surface area (Å²) in [6, 6.07) is 2.42. The number of ether oxygens (including phenoxy) is 3. The van der Waals surface area contributed by atoms with Gasteiger partial charge in [-0.1, -0.05) is 6.07 Å². The number of fused-ring (bicyclic) bond motifs is 1. The van der Waals surface area contributed by atoms with Gasteiger partial charge in [0.25, 0.3) is 11.5 Å². The maximum Gasteiger partial charge on any atom is 0.411 e. The number of methoxy groups -OCH3 is 1. The van der Waals surface area contributed by atoms with Gasteiger partial charge in [0.1, 0.15) is 29.3 Å². The lowest BCUT2D eigenvalue weighted by Crippen LogP contribution is -2.53. The molecular weight excluding hydrogens is 624 g/mol. The first-order chi connectivity index (χ1) is 22.2. The van der Waals surface area contributed by atoms with E-state index in [0.717, 1.165) is 29.3 Å². The lowest BCUT2D eigenvalue weighted by molar-refractivity contribution is -0.167. The molecule has 0 saturated carbocycles. The third-order valence-electron chi connectivity index (χ3n) is 8.80. The van der Waals surface area contributed by atoms with Gasteiger partial charge in [-0.2, -0.15) is 13.2 Å². The fourth-order valence-electron chi connectivity index (χ4n) is 6.08. The van der Waals surface area contributed by atoms with Crippen molar-refractivity contribution in [1.29, 1.82) is 0 Å². The molecule has 0 aliphatic carbocycles. The molecule has 0 unspecified atom stereocenters. The summed E-state index contributed by atoms with van der Waals surface area (Å²) in [5.41, 5.74) is 2.91. The summed E-state index contributed by atoms with van der Waals surface area (Å²) in [6.07, 6.45) is -3.41. The van der Waals surface area contributed by atoms with Gasteiger partial charge >= 0.3 is 12.1 Å². The summed E-state index contributed by atoms with van der Waals surface area (Å²) in [4.78, 5) is 45.0. The minimum absolute atomic E-state index is 0.0316. The first-order valence-corrected chi connectivity index (χ1v) is 15.1. The van der Waals surface area contributed by atoms with Crippen molar-refractivity contribution in [2.75, 3.05) is 38.4 Å². The molecule has 5 rings (SSSR count). The standard InChI is InChI=1S/C33H36F4N4O6/c1-17-13-21(41-10-12-46-16-26(41)33(35,36)37)15-24(34)27(17)30(42)39-25(32(44)45-5)14-20-8-9-23(29-22(20)7-6-11-47-29)28-31(43)40(4)19(3)18(2)38-28/h8-9,13,15,25-26H,6-7,10-12,14,16H2,1-5H3,(H,39,42)/t25-,26+/m0/s1. The van der Waals surface area contributed by atoms with Crippen LogP contribution in [0.4, 0.5) is 23.2 Å². The number of aromatic nitrogens is 2. The second-order valence-corrected chi connectivity index (χ2v) is 11.7. The first-order valence-electron chi connectivity index (χ1n) is 15.1. The number of benzene rings is 2. The van der Waals surface area contributed by atoms with Gasteiger partial charge < -0.3 is 29.0 Å². The molecule has 1 fully saturated rings. The predicted octanol–water partition coefficient (Wildman–Crippen LogP) is 4.12. The predicted molar refractivity (Wildman–Crippen MR) is 164 cm³/mol. The summed E-state index contributed by atoms with van der Waals surface area (Å²) >= 11 is 0. The second kappa shape index (κ2) is 13.3. The summed E-state index contributed by atoms with van der Waals surface area (Å²) < 4.78 is 73.9. The van der Waals surface area contributed by atoms with Gasteiger partial charge in [-0.05, 0) is 68.5 Å². The molecule has 3 heterocycles. The number of anilines is 1. The van der Waals surface area contributed by atoms with Crippen LogP contribution < -0.4 is 20.5 Å². The molecule has 2 atom stereocenters. The molecule has 3 aromatic rings. The van der Waals surface area contributed by atoms with Gasteiger partial charge in [-0.25, -0.2) is 14.2 Å². The topological polar surface area (TPSA) is 112 Å². The number of nitrogens with zero attached hydrogens (tertiary/aromatic N) is 3. The Bertz CT molecular complexity index is 1750. The molecule has 1 amide bonds. The largest absolute Gasteiger partial charge is 0.493 e. The maximum absolute atomic E-state index is 15.5. The molecule has 1 N–H and O–H groups in total. The van der Waals surface area contributed by atoms with E-state index in [1.165, 1.54) is 17.6 Å². The monoisotopic (exact) mass is 660 g/mol. The van der Waals surface area contributed by atoms with Crippen molar-refractivity contribution >= 4 is 17.6 Å². The molecule has 14 heteroatoms. The zero-order chi connectivity index (χ0) is 34.2. The Morgan fingerprint density at radius 2 is 1.91 bits per heavy atom. The van der Waals surface area contributed by atoms with E-state index in [1.807, 2.05) is 6.92 Å². The maximum atomic E-state index is 15.5. The van der Waals surface area contributed by atoms with E-state index >= 15 is 4.39 Å². The summed E-state index contributed by atoms with van der Waals surface area (Å²) in [5.74, 6) is -2.28. The molecule has 0 bridgehead atoms. The van der Waals surface area contributed by atoms with E-state index < -0.39 is 48.1 Å². The van der Waals surface area contributed by atoms with Gasteiger partial charge in [0, 0.05) is 37.0 Å². The van der Waals surface area contributed by atoms with Crippen LogP contribution in [0.5, 0.6) is 5.75 Å². The van der Waals surface area contributed by atoms with Crippen molar-refractivity contribution in [2.24, 2.45) is 7.05 Å². The van der Waals surface area contributed by atoms with Crippen LogP contribution in [-0.2, 0) is 34.2 Å². The molecule has 2 aliphatic heterocycles. The first kappa shape index (κ1) is 33.9. The number of alkyl halides is 3. The number of carbonyl (C=O) groups excluding carboxylic acids is 2. The van der Waals surface area contributed by atoms with Crippen LogP contribution in [-0.4, -0.2) is 73.2 Å². The summed E-state index contributed by atoms with van der Waals surface area (Å²) in [7, 11) is 2.82. The van der Waals surface area contributed by atoms with E-state index in [0.29, 0.717) is 42.0 Å². The molecule has 47 heavy (non-hydrogen) atoms. The lowest BCUT2D eigenvalue weighted by atomic mass is 9.91. The fraction of sp³-hybridized carbons (Fsp3) is 0.455. The highest BCUT2D eigenvalue weighted by Crippen LogP contribution is 2.38. The molecule has 2 aliphatic rings. The Morgan fingerprint density at radius 1 is 1.17 bits per heavy atom. The van der Waals surface area contributed by atoms with E-state index in [-0.39, 0.29) is 42.1 Å². The molecule has 0 radical (unpaired) electrons. The van der Waals surface area contributed by atoms with Crippen molar-refractivity contribution in [3.8, 4) is 17.0 Å². The van der Waals surface area contributed by atoms with Crippen molar-refractivity contribution in [3.05, 3.63) is 74.1 Å². The van der Waals surface area contributed by atoms with Gasteiger partial charge in [-0.3, -0.25) is 9.59 Å². The number of esters is 1. The van der Waals surface area contributed by atoms with E-state index in [1.54, 1.807) is 26.1 Å². The highest BCUT2D eigenvalue weighted by atomic mass is 19.4. The van der Waals surface area contributed by atoms with Gasteiger partial charge in [0.2, 0.25) is 0 Å². The number of morpholine rings is 1. The Labute approximate surface area is 268 Å². The molecule has 252 valence electrons. The SMILES string of the molecule is COC(=O)[C@H](Cc1ccc(-c2nc(C)c(C)n(C)c2=O)c2c1CCCO2)NC(=O)c1c(C)cc(N2CCOC[C@@H]2C(F)(F)F)cc1F. The van der Waals surface area contributed by atoms with Gasteiger partial charge in [0.05, 0.1) is 38.2 Å². The number of amides is 1. The van der Waals surface area contributed by atoms with Crippen molar-refractivity contribution < 1.29 is 41.4 Å². The Morgan fingerprint density at radius 3 is 2.60 bits per heavy atom. The molecule has 10 nitrogen and oxygen atoms in total. The number of nitrogens with one attached hydrogen (secondary N) is 1. The van der Waals surface area contributed by atoms with Crippen LogP contribution in [0.3, 0.4) is 0 Å². The van der Waals surface area contributed by atoms with Crippen LogP contribution in [0, 0.1) is 26.6 Å². The van der Waals surface area contributed by atoms with Gasteiger partial charge in [0.15, 0.2) is 0 Å². The summed E-state index contributed by atoms with van der Waals surface area (Å²) in [6.45, 7) is 4.76. The van der Waals surface area contributed by atoms with Gasteiger partial charge in [-0.15, -0.1) is 0 Å². The highest BCUT2D eigenvalue weighted by molar-refractivity contribution is 5.98. The lowest BCUT2D eigenvalue weighted by Gasteiger charge is -2.38. The summed E-state index contributed by atoms with van der Waals surface area (Å²) in [5, 5.41) is 2.56. The third kappa shape index (κ3) is 6.69. The number of hydrogen-bond donors (Lipinski definition) is 1. The molecule has 1 aromatic heterocycles. The molecule has 2 aromatic carbocycles. The zero-order valence-electron chi connectivity index (χ0n) is 26.7. The highest BCUT2D eigenvalue weighted by Gasteiger charge is 2.45. The Balaban J connectivity index is 1.45. The quantitative estimate of drug-likeness (QED) is 0.298. The van der Waals surface area contributed by atoms with Crippen LogP contribution >= 0.6 is 0 Å². The Hall–Kier alpha value is -4.46. The van der Waals surface area contributed by atoms with E-state index in [2.05, 4.69) is 10.3 Å². The average Bonchev–Trinajstić information content (AvgIpc) is 3.04. The van der Waals surface area contributed by atoms with Crippen molar-refractivity contribution in [1.82, 2.24) is 14.9 Å². The minimum atomic E-state index is -4.61. The number of carbonyl (C=O) groups is 2.